The third-order valence-electron chi connectivity index (χ3n) is 3.02. The zero-order valence-corrected chi connectivity index (χ0v) is 12.2. The Morgan fingerprint density at radius 1 is 1.40 bits per heavy atom. The average molecular weight is 286 g/mol. The van der Waals surface area contributed by atoms with E-state index in [1.807, 2.05) is 13.8 Å². The maximum absolute atomic E-state index is 12.1. The molecule has 7 heteroatoms. The lowest BCUT2D eigenvalue weighted by Crippen LogP contribution is -2.58. The topological polar surface area (TPSA) is 84.9 Å². The molecule has 0 radical (unpaired) electrons. The number of esters is 1. The van der Waals surface area contributed by atoms with Crippen molar-refractivity contribution in [3.63, 3.8) is 0 Å². The van der Waals surface area contributed by atoms with Gasteiger partial charge in [-0.15, -0.1) is 0 Å². The number of hydrogen-bond acceptors (Lipinski definition) is 5. The van der Waals surface area contributed by atoms with Gasteiger partial charge < -0.3 is 19.7 Å². The lowest BCUT2D eigenvalue weighted by Gasteiger charge is -2.35. The standard InChI is InChI=1S/C13H22N2O5/c1-9(2)6-10-13(18)14-4-5-15(10)11(16)7-20-8-12(17)19-3/h9-10H,4-8H2,1-3H3,(H,14,18)/t10-/m1/s1. The Hall–Kier alpha value is -1.63. The summed E-state index contributed by atoms with van der Waals surface area (Å²) in [5.74, 6) is -0.649. The Morgan fingerprint density at radius 3 is 2.70 bits per heavy atom. The van der Waals surface area contributed by atoms with E-state index in [4.69, 9.17) is 4.74 Å². The average Bonchev–Trinajstić information content (AvgIpc) is 2.40. The SMILES string of the molecule is COC(=O)COCC(=O)N1CCNC(=O)[C@H]1CC(C)C. The second-order valence-electron chi connectivity index (χ2n) is 5.09. The van der Waals surface area contributed by atoms with E-state index in [9.17, 15) is 14.4 Å². The summed E-state index contributed by atoms with van der Waals surface area (Å²) in [5.41, 5.74) is 0. The summed E-state index contributed by atoms with van der Waals surface area (Å²) >= 11 is 0. The number of rotatable bonds is 6. The summed E-state index contributed by atoms with van der Waals surface area (Å²) in [6.45, 7) is 4.41. The quantitative estimate of drug-likeness (QED) is 0.668. The third kappa shape index (κ3) is 4.80. The second kappa shape index (κ2) is 7.84. The maximum atomic E-state index is 12.1. The van der Waals surface area contributed by atoms with Gasteiger partial charge in [0.25, 0.3) is 0 Å². The molecule has 0 aromatic rings. The van der Waals surface area contributed by atoms with Crippen LogP contribution in [0.15, 0.2) is 0 Å². The molecule has 1 saturated heterocycles. The monoisotopic (exact) mass is 286 g/mol. The molecule has 0 aromatic carbocycles. The van der Waals surface area contributed by atoms with Crippen molar-refractivity contribution in [2.75, 3.05) is 33.4 Å². The van der Waals surface area contributed by atoms with Crippen LogP contribution >= 0.6 is 0 Å². The second-order valence-corrected chi connectivity index (χ2v) is 5.09. The van der Waals surface area contributed by atoms with Gasteiger partial charge in [-0.25, -0.2) is 4.79 Å². The van der Waals surface area contributed by atoms with Gasteiger partial charge in [-0.05, 0) is 12.3 Å². The Labute approximate surface area is 118 Å². The van der Waals surface area contributed by atoms with E-state index >= 15 is 0 Å². The normalized spacial score (nSPS) is 18.9. The fourth-order valence-electron chi connectivity index (χ4n) is 2.06. The molecule has 0 unspecified atom stereocenters. The molecule has 1 aliphatic heterocycles. The van der Waals surface area contributed by atoms with E-state index in [-0.39, 0.29) is 25.0 Å². The fraction of sp³-hybridized carbons (Fsp3) is 0.769. The number of hydrogen-bond donors (Lipinski definition) is 1. The van der Waals surface area contributed by atoms with Crippen LogP contribution in [0.2, 0.25) is 0 Å². The first-order chi connectivity index (χ1) is 9.45. The number of amides is 2. The van der Waals surface area contributed by atoms with E-state index < -0.39 is 12.0 Å². The van der Waals surface area contributed by atoms with E-state index in [0.717, 1.165) is 0 Å². The molecule has 1 aliphatic rings. The first kappa shape index (κ1) is 16.4. The molecule has 2 amide bonds. The number of piperazine rings is 1. The zero-order valence-electron chi connectivity index (χ0n) is 12.2. The minimum Gasteiger partial charge on any atom is -0.467 e. The van der Waals surface area contributed by atoms with Crippen LogP contribution in [-0.2, 0) is 23.9 Å². The maximum Gasteiger partial charge on any atom is 0.331 e. The van der Waals surface area contributed by atoms with Crippen molar-refractivity contribution in [3.8, 4) is 0 Å². The molecule has 1 N–H and O–H groups in total. The van der Waals surface area contributed by atoms with Crippen LogP contribution in [0.25, 0.3) is 0 Å². The predicted octanol–water partition coefficient (Wildman–Crippen LogP) is -0.451. The van der Waals surface area contributed by atoms with Crippen LogP contribution in [-0.4, -0.2) is 62.1 Å². The Morgan fingerprint density at radius 2 is 2.10 bits per heavy atom. The smallest absolute Gasteiger partial charge is 0.331 e. The van der Waals surface area contributed by atoms with Gasteiger partial charge >= 0.3 is 5.97 Å². The first-order valence-corrected chi connectivity index (χ1v) is 6.67. The van der Waals surface area contributed by atoms with Gasteiger partial charge in [0.2, 0.25) is 11.8 Å². The molecule has 0 aliphatic carbocycles. The lowest BCUT2D eigenvalue weighted by molar-refractivity contribution is -0.152. The van der Waals surface area contributed by atoms with Gasteiger partial charge in [0, 0.05) is 13.1 Å². The van der Waals surface area contributed by atoms with Crippen molar-refractivity contribution in [3.05, 3.63) is 0 Å². The summed E-state index contributed by atoms with van der Waals surface area (Å²) in [4.78, 5) is 36.3. The van der Waals surface area contributed by atoms with Gasteiger partial charge in [-0.3, -0.25) is 9.59 Å². The molecule has 1 rings (SSSR count). The molecule has 114 valence electrons. The van der Waals surface area contributed by atoms with E-state index in [2.05, 4.69) is 10.1 Å². The van der Waals surface area contributed by atoms with Gasteiger partial charge in [-0.2, -0.15) is 0 Å². The molecule has 1 atom stereocenters. The summed E-state index contributed by atoms with van der Waals surface area (Å²) in [7, 11) is 1.25. The van der Waals surface area contributed by atoms with Gasteiger partial charge in [0.05, 0.1) is 7.11 Å². The van der Waals surface area contributed by atoms with Gasteiger partial charge in [0.1, 0.15) is 19.3 Å². The minimum absolute atomic E-state index is 0.133. The highest BCUT2D eigenvalue weighted by molar-refractivity contribution is 5.89. The summed E-state index contributed by atoms with van der Waals surface area (Å²) < 4.78 is 9.41. The van der Waals surface area contributed by atoms with Crippen LogP contribution in [0.5, 0.6) is 0 Å². The molecule has 7 nitrogen and oxygen atoms in total. The molecule has 20 heavy (non-hydrogen) atoms. The Balaban J connectivity index is 2.54. The number of carbonyl (C=O) groups excluding carboxylic acids is 3. The van der Waals surface area contributed by atoms with Crippen molar-refractivity contribution >= 4 is 17.8 Å². The number of nitrogens with zero attached hydrogens (tertiary/aromatic N) is 1. The van der Waals surface area contributed by atoms with Crippen LogP contribution in [0.1, 0.15) is 20.3 Å². The lowest BCUT2D eigenvalue weighted by atomic mass is 10.00. The van der Waals surface area contributed by atoms with E-state index in [0.29, 0.717) is 25.4 Å². The Bertz CT molecular complexity index is 370. The predicted molar refractivity (Wildman–Crippen MR) is 70.8 cm³/mol. The van der Waals surface area contributed by atoms with Crippen molar-refractivity contribution in [2.45, 2.75) is 26.3 Å². The molecule has 0 saturated carbocycles. The van der Waals surface area contributed by atoms with Crippen molar-refractivity contribution in [1.29, 1.82) is 0 Å². The van der Waals surface area contributed by atoms with Gasteiger partial charge in [-0.1, -0.05) is 13.8 Å². The number of carbonyl (C=O) groups is 3. The molecule has 1 fully saturated rings. The van der Waals surface area contributed by atoms with E-state index in [1.165, 1.54) is 12.0 Å². The summed E-state index contributed by atoms with van der Waals surface area (Å²) in [6, 6.07) is -0.460. The van der Waals surface area contributed by atoms with Crippen molar-refractivity contribution in [1.82, 2.24) is 10.2 Å². The number of methoxy groups -OCH3 is 1. The molecular weight excluding hydrogens is 264 g/mol. The zero-order chi connectivity index (χ0) is 15.1. The molecule has 1 heterocycles. The third-order valence-corrected chi connectivity index (χ3v) is 3.02. The number of ether oxygens (including phenoxy) is 2. The highest BCUT2D eigenvalue weighted by atomic mass is 16.6. The largest absolute Gasteiger partial charge is 0.467 e. The molecule has 0 bridgehead atoms. The fourth-order valence-corrected chi connectivity index (χ4v) is 2.06. The summed E-state index contributed by atoms with van der Waals surface area (Å²) in [6.07, 6.45) is 0.606. The van der Waals surface area contributed by atoms with Crippen LogP contribution in [0, 0.1) is 5.92 Å². The van der Waals surface area contributed by atoms with Crippen molar-refractivity contribution in [2.24, 2.45) is 5.92 Å². The molecule has 0 spiro atoms. The molecular formula is C13H22N2O5. The highest BCUT2D eigenvalue weighted by Crippen LogP contribution is 2.14. The molecule has 0 aromatic heterocycles. The Kier molecular flexibility index (Phi) is 6.44. The highest BCUT2D eigenvalue weighted by Gasteiger charge is 2.33. The van der Waals surface area contributed by atoms with Crippen LogP contribution < -0.4 is 5.32 Å². The summed E-state index contributed by atoms with van der Waals surface area (Å²) in [5, 5.41) is 2.76. The van der Waals surface area contributed by atoms with Crippen LogP contribution in [0.4, 0.5) is 0 Å². The van der Waals surface area contributed by atoms with E-state index in [1.54, 1.807) is 0 Å². The number of nitrogens with one attached hydrogen (secondary N) is 1. The first-order valence-electron chi connectivity index (χ1n) is 6.67. The van der Waals surface area contributed by atoms with Gasteiger partial charge in [0.15, 0.2) is 0 Å². The minimum atomic E-state index is -0.534. The van der Waals surface area contributed by atoms with Crippen molar-refractivity contribution < 1.29 is 23.9 Å². The van der Waals surface area contributed by atoms with Crippen LogP contribution in [0.3, 0.4) is 0 Å².